The fourth-order valence-corrected chi connectivity index (χ4v) is 4.70. The average Bonchev–Trinajstić information content (AvgIpc) is 3.30. The van der Waals surface area contributed by atoms with Gasteiger partial charge in [-0.15, -0.1) is 0 Å². The number of nitrogens with zero attached hydrogens (tertiary/aromatic N) is 4. The van der Waals surface area contributed by atoms with Gasteiger partial charge in [0.25, 0.3) is 0 Å². The molecule has 2 saturated heterocycles. The van der Waals surface area contributed by atoms with Gasteiger partial charge in [-0.3, -0.25) is 0 Å². The van der Waals surface area contributed by atoms with E-state index in [0.717, 1.165) is 11.1 Å². The zero-order valence-electron chi connectivity index (χ0n) is 19.0. The number of hydrogen-bond acceptors (Lipinski definition) is 7. The average molecular weight is 482 g/mol. The molecule has 5 rings (SSSR count). The summed E-state index contributed by atoms with van der Waals surface area (Å²) >= 11 is 6.42. The zero-order valence-corrected chi connectivity index (χ0v) is 19.8. The van der Waals surface area contributed by atoms with Crippen molar-refractivity contribution in [1.82, 2.24) is 19.9 Å². The second-order valence-corrected chi connectivity index (χ2v) is 9.92. The molecule has 2 bridgehead atoms. The quantitative estimate of drug-likeness (QED) is 0.597. The molecule has 3 aromatic rings. The Kier molecular flexibility index (Phi) is 5.58. The van der Waals surface area contributed by atoms with E-state index in [-0.39, 0.29) is 24.2 Å². The summed E-state index contributed by atoms with van der Waals surface area (Å²) in [5.74, 6) is 0.413. The number of carbonyl (C=O) groups excluding carboxylic acids is 1. The summed E-state index contributed by atoms with van der Waals surface area (Å²) in [6.45, 7) is 6.92. The van der Waals surface area contributed by atoms with E-state index in [4.69, 9.17) is 31.1 Å². The van der Waals surface area contributed by atoms with E-state index >= 15 is 0 Å². The van der Waals surface area contributed by atoms with Gasteiger partial charge in [-0.05, 0) is 32.9 Å². The number of ether oxygens (including phenoxy) is 3. The summed E-state index contributed by atoms with van der Waals surface area (Å²) in [6, 6.07) is 7.22. The molecule has 0 radical (unpaired) electrons. The van der Waals surface area contributed by atoms with E-state index in [1.165, 1.54) is 6.33 Å². The summed E-state index contributed by atoms with van der Waals surface area (Å²) in [6.07, 6.45) is 2.38. The zero-order chi connectivity index (χ0) is 24.0. The Morgan fingerprint density at radius 3 is 2.82 bits per heavy atom. The van der Waals surface area contributed by atoms with Crippen LogP contribution < -0.4 is 4.74 Å². The number of halogens is 1. The van der Waals surface area contributed by atoms with Crippen molar-refractivity contribution in [2.75, 3.05) is 19.7 Å². The number of fused-ring (bicyclic) bond motifs is 3. The van der Waals surface area contributed by atoms with E-state index in [1.54, 1.807) is 29.3 Å². The lowest BCUT2D eigenvalue weighted by molar-refractivity contribution is -0.0182. The number of likely N-dealkylation sites (tertiary alicyclic amines) is 1. The molecule has 2 fully saturated rings. The highest BCUT2D eigenvalue weighted by atomic mass is 35.5. The van der Waals surface area contributed by atoms with Crippen LogP contribution >= 0.6 is 11.6 Å². The third-order valence-corrected chi connectivity index (χ3v) is 6.24. The van der Waals surface area contributed by atoms with E-state index in [0.29, 0.717) is 47.2 Å². The van der Waals surface area contributed by atoms with Crippen molar-refractivity contribution >= 4 is 28.7 Å². The fourth-order valence-electron chi connectivity index (χ4n) is 4.42. The predicted octanol–water partition coefficient (Wildman–Crippen LogP) is 4.16. The first kappa shape index (κ1) is 22.4. The van der Waals surface area contributed by atoms with Crippen LogP contribution in [0.5, 0.6) is 5.88 Å². The molecular weight excluding hydrogens is 458 g/mol. The lowest BCUT2D eigenvalue weighted by Crippen LogP contribution is -2.53. The smallest absolute Gasteiger partial charge is 0.410 e. The first-order valence-electron chi connectivity index (χ1n) is 11.0. The van der Waals surface area contributed by atoms with Gasteiger partial charge in [0.1, 0.15) is 35.2 Å². The molecule has 0 spiro atoms. The Morgan fingerprint density at radius 2 is 2.12 bits per heavy atom. The van der Waals surface area contributed by atoms with Gasteiger partial charge in [0.15, 0.2) is 0 Å². The molecule has 1 aromatic carbocycles. The minimum absolute atomic E-state index is 0.00122. The fraction of sp³-hybridized carbons (Fsp3) is 0.417. The van der Waals surface area contributed by atoms with Crippen LogP contribution in [-0.2, 0) is 9.47 Å². The minimum atomic E-state index is -0.556. The monoisotopic (exact) mass is 481 g/mol. The van der Waals surface area contributed by atoms with Crippen LogP contribution in [0.2, 0.25) is 5.02 Å². The molecule has 3 atom stereocenters. The van der Waals surface area contributed by atoms with Gasteiger partial charge in [0.05, 0.1) is 24.8 Å². The maximum absolute atomic E-state index is 12.5. The molecule has 1 amide bonds. The minimum Gasteiger partial charge on any atom is -0.469 e. The maximum atomic E-state index is 12.5. The topological polar surface area (TPSA) is 113 Å². The third-order valence-electron chi connectivity index (χ3n) is 5.93. The molecule has 34 heavy (non-hydrogen) atoms. The van der Waals surface area contributed by atoms with Crippen molar-refractivity contribution in [1.29, 1.82) is 5.26 Å². The van der Waals surface area contributed by atoms with Gasteiger partial charge in [0.2, 0.25) is 5.88 Å². The largest absolute Gasteiger partial charge is 0.469 e. The Labute approximate surface area is 201 Å². The van der Waals surface area contributed by atoms with Crippen LogP contribution in [-0.4, -0.2) is 63.5 Å². The molecule has 1 N–H and O–H groups in total. The highest BCUT2D eigenvalue weighted by molar-refractivity contribution is 6.33. The van der Waals surface area contributed by atoms with Crippen LogP contribution in [0.25, 0.3) is 22.2 Å². The Balaban J connectivity index is 1.38. The number of nitriles is 1. The summed E-state index contributed by atoms with van der Waals surface area (Å²) in [7, 11) is 0. The van der Waals surface area contributed by atoms with Crippen molar-refractivity contribution in [2.45, 2.75) is 38.6 Å². The number of aromatic amines is 1. The van der Waals surface area contributed by atoms with Crippen molar-refractivity contribution in [3.05, 3.63) is 41.3 Å². The van der Waals surface area contributed by atoms with Gasteiger partial charge in [-0.2, -0.15) is 10.2 Å². The van der Waals surface area contributed by atoms with E-state index < -0.39 is 5.60 Å². The number of piperidine rings is 1. The van der Waals surface area contributed by atoms with Crippen LogP contribution in [0, 0.1) is 17.2 Å². The van der Waals surface area contributed by atoms with E-state index in [2.05, 4.69) is 21.0 Å². The molecule has 9 nitrogen and oxygen atoms in total. The number of benzene rings is 1. The van der Waals surface area contributed by atoms with Crippen LogP contribution in [0.4, 0.5) is 4.79 Å². The lowest BCUT2D eigenvalue weighted by atomic mass is 9.96. The number of hydrogen-bond donors (Lipinski definition) is 1. The maximum Gasteiger partial charge on any atom is 0.410 e. The lowest BCUT2D eigenvalue weighted by Gasteiger charge is -2.36. The van der Waals surface area contributed by atoms with Gasteiger partial charge >= 0.3 is 6.09 Å². The number of aromatic nitrogens is 3. The molecule has 176 valence electrons. The van der Waals surface area contributed by atoms with Crippen molar-refractivity contribution in [3.8, 4) is 23.1 Å². The van der Waals surface area contributed by atoms with Crippen molar-refractivity contribution in [2.24, 2.45) is 5.92 Å². The third kappa shape index (κ3) is 4.15. The number of carbonyl (C=O) groups is 1. The molecule has 0 saturated carbocycles. The number of rotatable bonds is 3. The summed E-state index contributed by atoms with van der Waals surface area (Å²) < 4.78 is 17.8. The van der Waals surface area contributed by atoms with Crippen LogP contribution in [0.3, 0.4) is 0 Å². The Bertz CT molecular complexity index is 1280. The highest BCUT2D eigenvalue weighted by Crippen LogP contribution is 2.37. The van der Waals surface area contributed by atoms with E-state index in [9.17, 15) is 4.79 Å². The highest BCUT2D eigenvalue weighted by Gasteiger charge is 2.47. The molecule has 2 aliphatic heterocycles. The summed E-state index contributed by atoms with van der Waals surface area (Å²) in [5.41, 5.74) is 2.78. The first-order valence-corrected chi connectivity index (χ1v) is 11.4. The SMILES string of the molecule is CC(C)(C)OC(=O)N1CC2COC(C1)C2Oc1ncnc2c(-c3ccc(C#N)cc3Cl)c[nH]c12. The van der Waals surface area contributed by atoms with Crippen LogP contribution in [0.15, 0.2) is 30.7 Å². The molecule has 0 aliphatic carbocycles. The van der Waals surface area contributed by atoms with Gasteiger partial charge in [-0.25, -0.2) is 9.78 Å². The molecule has 10 heteroatoms. The normalized spacial score (nSPS) is 22.0. The number of amides is 1. The van der Waals surface area contributed by atoms with E-state index in [1.807, 2.05) is 20.8 Å². The summed E-state index contributed by atoms with van der Waals surface area (Å²) in [5, 5.41) is 9.56. The van der Waals surface area contributed by atoms with Gasteiger partial charge < -0.3 is 24.1 Å². The second kappa shape index (κ2) is 8.46. The standard InChI is InChI=1S/C24H24ClN5O4/c1-24(2,3)34-23(31)30-9-14-11-32-18(10-30)21(14)33-22-20-19(28-12-29-22)16(8-27-20)15-5-4-13(7-26)6-17(15)25/h4-6,8,12,14,18,21,27H,9-11H2,1-3H3. The predicted molar refractivity (Wildman–Crippen MR) is 125 cm³/mol. The van der Waals surface area contributed by atoms with Gasteiger partial charge in [0, 0.05) is 34.8 Å². The Morgan fingerprint density at radius 1 is 1.29 bits per heavy atom. The molecule has 3 unspecified atom stereocenters. The molecule has 4 heterocycles. The number of nitrogens with one attached hydrogen (secondary N) is 1. The number of H-pyrrole nitrogens is 1. The molecular formula is C24H24ClN5O4. The van der Waals surface area contributed by atoms with Gasteiger partial charge in [-0.1, -0.05) is 17.7 Å². The molecule has 2 aliphatic rings. The first-order chi connectivity index (χ1) is 16.2. The van der Waals surface area contributed by atoms with Crippen molar-refractivity contribution in [3.63, 3.8) is 0 Å². The van der Waals surface area contributed by atoms with Crippen LogP contribution in [0.1, 0.15) is 26.3 Å². The second-order valence-electron chi connectivity index (χ2n) is 9.51. The molecule has 2 aromatic heterocycles. The van der Waals surface area contributed by atoms with Crippen molar-refractivity contribution < 1.29 is 19.0 Å². The summed E-state index contributed by atoms with van der Waals surface area (Å²) in [4.78, 5) is 26.2. The Hall–Kier alpha value is -3.35.